The van der Waals surface area contributed by atoms with E-state index in [2.05, 4.69) is 4.98 Å². The van der Waals surface area contributed by atoms with Crippen LogP contribution in [0.2, 0.25) is 0 Å². The van der Waals surface area contributed by atoms with E-state index in [0.717, 1.165) is 7.05 Å². The van der Waals surface area contributed by atoms with Crippen LogP contribution in [0.15, 0.2) is 6.20 Å². The fourth-order valence-electron chi connectivity index (χ4n) is 0.863. The molecule has 0 N–H and O–H groups in total. The minimum absolute atomic E-state index is 0. The van der Waals surface area contributed by atoms with E-state index in [-0.39, 0.29) is 18.9 Å². The summed E-state index contributed by atoms with van der Waals surface area (Å²) < 4.78 is 36.6. The second kappa shape index (κ2) is 4.07. The van der Waals surface area contributed by atoms with Crippen LogP contribution < -0.4 is 24.0 Å². The minimum Gasteiger partial charge on any atom is -0.542 e. The molecule has 0 atom stereocenters. The van der Waals surface area contributed by atoms with Crippen LogP contribution in [-0.2, 0) is 13.2 Å². The van der Waals surface area contributed by atoms with Crippen LogP contribution in [0.5, 0.6) is 0 Å². The summed E-state index contributed by atoms with van der Waals surface area (Å²) in [5.74, 6) is -2.48. The van der Waals surface area contributed by atoms with Crippen LogP contribution >= 0.6 is 0 Å². The first-order valence-corrected chi connectivity index (χ1v) is 3.14. The summed E-state index contributed by atoms with van der Waals surface area (Å²) in [6, 6.07) is 0. The predicted octanol–water partition coefficient (Wildman–Crippen LogP) is -3.19. The quantitative estimate of drug-likeness (QED) is 0.449. The van der Waals surface area contributed by atoms with Gasteiger partial charge in [-0.3, -0.25) is 0 Å². The van der Waals surface area contributed by atoms with Crippen molar-refractivity contribution in [2.24, 2.45) is 7.05 Å². The van der Waals surface area contributed by atoms with Crippen molar-refractivity contribution in [1.29, 1.82) is 0 Å². The largest absolute Gasteiger partial charge is 1.00 e. The topological polar surface area (TPSA) is 58.0 Å². The van der Waals surface area contributed by atoms with Gasteiger partial charge in [0.15, 0.2) is 5.82 Å². The molecule has 0 spiro atoms. The standard InChI is InChI=1S/C6H5F3N2O2.Li/c1-11-3(6(7,8)9)2-10-4(11)5(12)13;/h2H,1H3,(H,12,13);/q;+1/p-1. The first kappa shape index (κ1) is 13.1. The molecule has 1 rings (SSSR count). The van der Waals surface area contributed by atoms with Crippen LogP contribution in [-0.4, -0.2) is 15.5 Å². The molecule has 0 saturated heterocycles. The fraction of sp³-hybridized carbons (Fsp3) is 0.333. The van der Waals surface area contributed by atoms with Gasteiger partial charge in [-0.15, -0.1) is 0 Å². The van der Waals surface area contributed by atoms with Crippen molar-refractivity contribution in [3.05, 3.63) is 17.7 Å². The van der Waals surface area contributed by atoms with E-state index in [4.69, 9.17) is 0 Å². The number of hydrogen-bond acceptors (Lipinski definition) is 3. The van der Waals surface area contributed by atoms with Crippen molar-refractivity contribution >= 4 is 5.97 Å². The summed E-state index contributed by atoms with van der Waals surface area (Å²) in [5.41, 5.74) is -1.12. The molecule has 0 saturated carbocycles. The number of hydrogen-bond donors (Lipinski definition) is 0. The molecule has 1 aromatic heterocycles. The van der Waals surface area contributed by atoms with E-state index in [9.17, 15) is 23.1 Å². The molecule has 0 aliphatic carbocycles. The summed E-state index contributed by atoms with van der Waals surface area (Å²) >= 11 is 0. The van der Waals surface area contributed by atoms with Crippen LogP contribution in [0.1, 0.15) is 16.3 Å². The zero-order chi connectivity index (χ0) is 10.2. The van der Waals surface area contributed by atoms with E-state index < -0.39 is 23.7 Å². The SMILES string of the molecule is Cn1c(C(F)(F)F)cnc1C(=O)[O-].[Li+]. The molecule has 4 nitrogen and oxygen atoms in total. The van der Waals surface area contributed by atoms with Gasteiger partial charge in [0.05, 0.1) is 6.20 Å². The molecule has 0 radical (unpaired) electrons. The molecule has 0 aromatic carbocycles. The van der Waals surface area contributed by atoms with Gasteiger partial charge in [-0.1, -0.05) is 0 Å². The number of rotatable bonds is 1. The van der Waals surface area contributed by atoms with Crippen molar-refractivity contribution in [2.45, 2.75) is 6.18 Å². The van der Waals surface area contributed by atoms with Crippen LogP contribution in [0.4, 0.5) is 13.2 Å². The second-order valence-electron chi connectivity index (χ2n) is 2.31. The normalized spacial score (nSPS) is 10.9. The van der Waals surface area contributed by atoms with E-state index in [1.165, 1.54) is 0 Å². The summed E-state index contributed by atoms with van der Waals surface area (Å²) in [4.78, 5) is 13.3. The van der Waals surface area contributed by atoms with Crippen molar-refractivity contribution < 1.29 is 41.9 Å². The Labute approximate surface area is 88.9 Å². The molecule has 0 unspecified atom stereocenters. The third-order valence-corrected chi connectivity index (χ3v) is 1.46. The summed E-state index contributed by atoms with van der Waals surface area (Å²) in [5, 5.41) is 10.2. The van der Waals surface area contributed by atoms with Gasteiger partial charge in [0, 0.05) is 7.05 Å². The zero-order valence-electron chi connectivity index (χ0n) is 7.42. The zero-order valence-corrected chi connectivity index (χ0v) is 7.42. The van der Waals surface area contributed by atoms with Gasteiger partial charge in [-0.25, -0.2) is 4.98 Å². The molecular weight excluding hydrogens is 196 g/mol. The number of imidazole rings is 1. The Hall–Kier alpha value is -0.933. The number of alkyl halides is 3. The van der Waals surface area contributed by atoms with Crippen LogP contribution in [0, 0.1) is 0 Å². The molecule has 72 valence electrons. The van der Waals surface area contributed by atoms with Crippen LogP contribution in [0.3, 0.4) is 0 Å². The maximum atomic E-state index is 12.1. The number of carbonyl (C=O) groups excluding carboxylic acids is 1. The van der Waals surface area contributed by atoms with Gasteiger partial charge in [0.25, 0.3) is 0 Å². The van der Waals surface area contributed by atoms with Gasteiger partial charge >= 0.3 is 25.0 Å². The van der Waals surface area contributed by atoms with Crippen molar-refractivity contribution in [3.8, 4) is 0 Å². The molecule has 8 heteroatoms. The van der Waals surface area contributed by atoms with Gasteiger partial charge in [0.2, 0.25) is 0 Å². The van der Waals surface area contributed by atoms with Crippen molar-refractivity contribution in [1.82, 2.24) is 9.55 Å². The number of carboxylic acid groups (broad SMARTS) is 1. The minimum atomic E-state index is -4.60. The van der Waals surface area contributed by atoms with E-state index in [1.807, 2.05) is 0 Å². The first-order valence-electron chi connectivity index (χ1n) is 3.14. The Kier molecular flexibility index (Phi) is 3.79. The average Bonchev–Trinajstić information content (AvgIpc) is 2.28. The maximum Gasteiger partial charge on any atom is 1.00 e. The molecule has 0 aliphatic rings. The van der Waals surface area contributed by atoms with Gasteiger partial charge in [0.1, 0.15) is 11.7 Å². The Morgan fingerprint density at radius 3 is 2.29 bits per heavy atom. The molecule has 1 heterocycles. The Balaban J connectivity index is 0.00000169. The molecule has 0 aliphatic heterocycles. The maximum absolute atomic E-state index is 12.1. The third-order valence-electron chi connectivity index (χ3n) is 1.46. The summed E-state index contributed by atoms with van der Waals surface area (Å²) in [6.45, 7) is 0. The van der Waals surface area contributed by atoms with Gasteiger partial charge in [-0.2, -0.15) is 13.2 Å². The average molecular weight is 200 g/mol. The molecule has 0 bridgehead atoms. The number of halogens is 3. The number of nitrogens with zero attached hydrogens (tertiary/aromatic N) is 2. The second-order valence-corrected chi connectivity index (χ2v) is 2.31. The Bertz CT molecular complexity index is 347. The molecule has 1 aromatic rings. The number of aromatic nitrogens is 2. The summed E-state index contributed by atoms with van der Waals surface area (Å²) in [6.07, 6.45) is -4.15. The van der Waals surface area contributed by atoms with E-state index >= 15 is 0 Å². The van der Waals surface area contributed by atoms with Crippen LogP contribution in [0.25, 0.3) is 0 Å². The Morgan fingerprint density at radius 1 is 1.57 bits per heavy atom. The number of carboxylic acids is 1. The molecule has 14 heavy (non-hydrogen) atoms. The monoisotopic (exact) mass is 200 g/mol. The smallest absolute Gasteiger partial charge is 0.542 e. The molecule has 0 fully saturated rings. The van der Waals surface area contributed by atoms with Crippen molar-refractivity contribution in [2.75, 3.05) is 0 Å². The Morgan fingerprint density at radius 2 is 2.07 bits per heavy atom. The molecule has 0 amide bonds. The van der Waals surface area contributed by atoms with Gasteiger partial charge in [-0.05, 0) is 0 Å². The van der Waals surface area contributed by atoms with E-state index in [0.29, 0.717) is 10.8 Å². The van der Waals surface area contributed by atoms with E-state index in [1.54, 1.807) is 0 Å². The summed E-state index contributed by atoms with van der Waals surface area (Å²) in [7, 11) is 0.959. The molecular formula is C6H4F3LiN2O2. The van der Waals surface area contributed by atoms with Gasteiger partial charge < -0.3 is 14.5 Å². The third kappa shape index (κ3) is 2.30. The number of aromatic carboxylic acids is 1. The first-order chi connectivity index (χ1) is 5.84. The predicted molar refractivity (Wildman–Crippen MR) is 32.5 cm³/mol. The fourth-order valence-corrected chi connectivity index (χ4v) is 0.863. The number of carbonyl (C=O) groups is 1. The van der Waals surface area contributed by atoms with Crippen molar-refractivity contribution in [3.63, 3.8) is 0 Å².